The molecule has 1 saturated heterocycles. The Morgan fingerprint density at radius 3 is 2.41 bits per heavy atom. The van der Waals surface area contributed by atoms with Crippen LogP contribution in [0.3, 0.4) is 0 Å². The third-order valence-electron chi connectivity index (χ3n) is 6.16. The lowest BCUT2D eigenvalue weighted by atomic mass is 9.93. The van der Waals surface area contributed by atoms with Crippen molar-refractivity contribution in [3.05, 3.63) is 65.7 Å². The predicted octanol–water partition coefficient (Wildman–Crippen LogP) is 3.87. The summed E-state index contributed by atoms with van der Waals surface area (Å²) in [6.07, 6.45) is 0.447. The van der Waals surface area contributed by atoms with Gasteiger partial charge in [-0.3, -0.25) is 9.59 Å². The number of ether oxygens (including phenoxy) is 2. The summed E-state index contributed by atoms with van der Waals surface area (Å²) in [6.45, 7) is 4.02. The van der Waals surface area contributed by atoms with Gasteiger partial charge in [0.25, 0.3) is 0 Å². The second-order valence-electron chi connectivity index (χ2n) is 8.43. The first-order chi connectivity index (χ1) is 15.4. The monoisotopic (exact) mass is 436 g/mol. The summed E-state index contributed by atoms with van der Waals surface area (Å²) in [5, 5.41) is 0. The van der Waals surface area contributed by atoms with Crippen molar-refractivity contribution in [1.29, 1.82) is 0 Å². The smallest absolute Gasteiger partial charge is 0.410 e. The Hall–Kier alpha value is -3.35. The maximum atomic E-state index is 13.0. The first-order valence-corrected chi connectivity index (χ1v) is 10.9. The van der Waals surface area contributed by atoms with E-state index in [1.807, 2.05) is 54.6 Å². The average Bonchev–Trinajstić information content (AvgIpc) is 3.34. The Morgan fingerprint density at radius 2 is 1.69 bits per heavy atom. The van der Waals surface area contributed by atoms with Crippen LogP contribution in [-0.2, 0) is 25.7 Å². The van der Waals surface area contributed by atoms with Crippen molar-refractivity contribution >= 4 is 23.7 Å². The highest BCUT2D eigenvalue weighted by molar-refractivity contribution is 5.94. The number of amides is 2. The third kappa shape index (κ3) is 4.77. The number of benzene rings is 2. The molecule has 0 N–H and O–H groups in total. The van der Waals surface area contributed by atoms with Crippen molar-refractivity contribution in [3.63, 3.8) is 0 Å². The largest absolute Gasteiger partial charge is 0.461 e. The van der Waals surface area contributed by atoms with Gasteiger partial charge in [0.05, 0.1) is 6.54 Å². The molecular weight excluding hydrogens is 408 g/mol. The minimum Gasteiger partial charge on any atom is -0.461 e. The Bertz CT molecular complexity index is 993. The normalized spacial score (nSPS) is 21.9. The van der Waals surface area contributed by atoms with Crippen molar-refractivity contribution in [1.82, 2.24) is 4.90 Å². The predicted molar refractivity (Wildman–Crippen MR) is 119 cm³/mol. The van der Waals surface area contributed by atoms with Gasteiger partial charge in [-0.05, 0) is 23.6 Å². The molecule has 168 valence electrons. The number of nitrogens with zero attached hydrogens (tertiary/aromatic N) is 2. The maximum Gasteiger partial charge on any atom is 0.410 e. The molecule has 0 bridgehead atoms. The minimum absolute atomic E-state index is 0.00304. The molecule has 0 radical (unpaired) electrons. The molecule has 2 aliphatic heterocycles. The topological polar surface area (TPSA) is 76.2 Å². The molecule has 2 heterocycles. The van der Waals surface area contributed by atoms with E-state index in [1.54, 1.807) is 16.7 Å². The van der Waals surface area contributed by atoms with Gasteiger partial charge >= 0.3 is 12.1 Å². The van der Waals surface area contributed by atoms with Crippen molar-refractivity contribution in [2.24, 2.45) is 0 Å². The standard InChI is InChI=1S/C25H28N2O5/c1-17(28)26-14-20(23-10-6-7-11-24(23)26)12-21-13-22(32-18(2)29)15-27(21)25(30)31-16-19-8-4-3-5-9-19/h3-11,20-22H,12-16H2,1-2H3/t20-,21+,22-/m0/s1. The van der Waals surface area contributed by atoms with E-state index in [9.17, 15) is 14.4 Å². The summed E-state index contributed by atoms with van der Waals surface area (Å²) < 4.78 is 11.0. The van der Waals surface area contributed by atoms with Gasteiger partial charge in [0, 0.05) is 44.5 Å². The highest BCUT2D eigenvalue weighted by atomic mass is 16.6. The lowest BCUT2D eigenvalue weighted by molar-refractivity contribution is -0.145. The van der Waals surface area contributed by atoms with Crippen LogP contribution < -0.4 is 4.90 Å². The quantitative estimate of drug-likeness (QED) is 0.665. The van der Waals surface area contributed by atoms with Gasteiger partial charge in [0.2, 0.25) is 5.91 Å². The zero-order chi connectivity index (χ0) is 22.7. The summed E-state index contributed by atoms with van der Waals surface area (Å²) in [5.41, 5.74) is 2.95. The lowest BCUT2D eigenvalue weighted by Crippen LogP contribution is -2.38. The Balaban J connectivity index is 1.49. The number of esters is 1. The number of fused-ring (bicyclic) bond motifs is 1. The van der Waals surface area contributed by atoms with Crippen LogP contribution in [0, 0.1) is 0 Å². The van der Waals surface area contributed by atoms with Crippen LogP contribution in [0.1, 0.15) is 43.7 Å². The van der Waals surface area contributed by atoms with Gasteiger partial charge in [-0.25, -0.2) is 4.79 Å². The molecule has 2 aliphatic rings. The SMILES string of the molecule is CC(=O)O[C@H]1C[C@@H](C[C@H]2CN(C(C)=O)c3ccccc32)N(C(=O)OCc2ccccc2)C1. The molecule has 2 amide bonds. The lowest BCUT2D eigenvalue weighted by Gasteiger charge is -2.26. The van der Waals surface area contributed by atoms with Gasteiger partial charge < -0.3 is 19.3 Å². The summed E-state index contributed by atoms with van der Waals surface area (Å²) >= 11 is 0. The summed E-state index contributed by atoms with van der Waals surface area (Å²) in [6, 6.07) is 17.3. The zero-order valence-electron chi connectivity index (χ0n) is 18.4. The van der Waals surface area contributed by atoms with E-state index >= 15 is 0 Å². The molecule has 0 aromatic heterocycles. The summed E-state index contributed by atoms with van der Waals surface area (Å²) in [7, 11) is 0. The molecule has 2 aromatic rings. The summed E-state index contributed by atoms with van der Waals surface area (Å²) in [5.74, 6) is -0.258. The molecule has 0 spiro atoms. The van der Waals surface area contributed by atoms with Gasteiger partial charge in [0.15, 0.2) is 0 Å². The molecule has 32 heavy (non-hydrogen) atoms. The van der Waals surface area contributed by atoms with Gasteiger partial charge in [-0.15, -0.1) is 0 Å². The van der Waals surface area contributed by atoms with Crippen LogP contribution in [0.25, 0.3) is 0 Å². The molecule has 4 rings (SSSR count). The Morgan fingerprint density at radius 1 is 0.969 bits per heavy atom. The first kappa shape index (κ1) is 21.9. The first-order valence-electron chi connectivity index (χ1n) is 10.9. The highest BCUT2D eigenvalue weighted by Gasteiger charge is 2.41. The van der Waals surface area contributed by atoms with E-state index in [-0.39, 0.29) is 36.5 Å². The number of anilines is 1. The fourth-order valence-corrected chi connectivity index (χ4v) is 4.77. The minimum atomic E-state index is -0.414. The number of carbonyl (C=O) groups excluding carboxylic acids is 3. The van der Waals surface area contributed by atoms with Gasteiger partial charge in [-0.2, -0.15) is 0 Å². The molecule has 1 fully saturated rings. The van der Waals surface area contributed by atoms with E-state index in [4.69, 9.17) is 9.47 Å². The number of carbonyl (C=O) groups is 3. The van der Waals surface area contributed by atoms with E-state index in [2.05, 4.69) is 0 Å². The second kappa shape index (κ2) is 9.42. The second-order valence-corrected chi connectivity index (χ2v) is 8.43. The third-order valence-corrected chi connectivity index (χ3v) is 6.16. The average molecular weight is 437 g/mol. The van der Waals surface area contributed by atoms with Crippen molar-refractivity contribution < 1.29 is 23.9 Å². The van der Waals surface area contributed by atoms with E-state index in [0.717, 1.165) is 16.8 Å². The number of hydrogen-bond acceptors (Lipinski definition) is 5. The van der Waals surface area contributed by atoms with Crippen molar-refractivity contribution in [3.8, 4) is 0 Å². The van der Waals surface area contributed by atoms with Crippen LogP contribution >= 0.6 is 0 Å². The number of rotatable bonds is 5. The highest BCUT2D eigenvalue weighted by Crippen LogP contribution is 2.41. The maximum absolute atomic E-state index is 13.0. The molecule has 0 saturated carbocycles. The Labute approximate surface area is 187 Å². The molecule has 3 atom stereocenters. The van der Waals surface area contributed by atoms with Gasteiger partial charge in [-0.1, -0.05) is 48.5 Å². The van der Waals surface area contributed by atoms with Crippen LogP contribution in [0.4, 0.5) is 10.5 Å². The zero-order valence-corrected chi connectivity index (χ0v) is 18.4. The number of likely N-dealkylation sites (tertiary alicyclic amines) is 1. The van der Waals surface area contributed by atoms with Crippen molar-refractivity contribution in [2.45, 2.75) is 51.4 Å². The van der Waals surface area contributed by atoms with Crippen LogP contribution in [-0.4, -0.2) is 48.1 Å². The molecule has 0 aliphatic carbocycles. The van der Waals surface area contributed by atoms with Crippen LogP contribution in [0.5, 0.6) is 0 Å². The van der Waals surface area contributed by atoms with E-state index in [0.29, 0.717) is 25.9 Å². The molecular formula is C25H28N2O5. The Kier molecular flexibility index (Phi) is 6.44. The fourth-order valence-electron chi connectivity index (χ4n) is 4.77. The van der Waals surface area contributed by atoms with Crippen LogP contribution in [0.2, 0.25) is 0 Å². The summed E-state index contributed by atoms with van der Waals surface area (Å²) in [4.78, 5) is 40.1. The van der Waals surface area contributed by atoms with Crippen LogP contribution in [0.15, 0.2) is 54.6 Å². The number of para-hydroxylation sites is 1. The van der Waals surface area contributed by atoms with E-state index in [1.165, 1.54) is 6.92 Å². The van der Waals surface area contributed by atoms with Gasteiger partial charge in [0.1, 0.15) is 12.7 Å². The molecule has 2 aromatic carbocycles. The molecule has 7 nitrogen and oxygen atoms in total. The van der Waals surface area contributed by atoms with Crippen molar-refractivity contribution in [2.75, 3.05) is 18.0 Å². The molecule has 0 unspecified atom stereocenters. The number of hydrogen-bond donors (Lipinski definition) is 0. The molecule has 7 heteroatoms. The van der Waals surface area contributed by atoms with E-state index < -0.39 is 6.09 Å². The fraction of sp³-hybridized carbons (Fsp3) is 0.400.